The van der Waals surface area contributed by atoms with Crippen LogP contribution in [0.25, 0.3) is 0 Å². The highest BCUT2D eigenvalue weighted by Crippen LogP contribution is 2.25. The van der Waals surface area contributed by atoms with E-state index in [0.29, 0.717) is 12.0 Å². The molecule has 204 valence electrons. The SMILES string of the molecule is CC.CC.COC1=CC2=C(CC=C1)CN(C)C2=O.O=C1NC(=O)C(C#CC2=CC=C(C(=O)NO)C=CC2)N1. The zero-order chi connectivity index (χ0) is 28.7. The molecule has 1 atom stereocenters. The number of methoxy groups -OCH3 is 1. The topological polar surface area (TPSA) is 137 Å². The van der Waals surface area contributed by atoms with Crippen LogP contribution in [-0.2, 0) is 19.1 Å². The first-order chi connectivity index (χ1) is 18.3. The molecule has 1 fully saturated rings. The summed E-state index contributed by atoms with van der Waals surface area (Å²) in [4.78, 5) is 46.8. The van der Waals surface area contributed by atoms with Gasteiger partial charge in [-0.3, -0.25) is 24.9 Å². The molecule has 5 amide bonds. The van der Waals surface area contributed by atoms with Crippen LogP contribution in [-0.4, -0.2) is 60.6 Å². The van der Waals surface area contributed by atoms with E-state index >= 15 is 0 Å². The van der Waals surface area contributed by atoms with Crippen molar-refractivity contribution in [1.29, 1.82) is 0 Å². The predicted octanol–water partition coefficient (Wildman–Crippen LogP) is 2.81. The number of carbonyl (C=O) groups is 4. The van der Waals surface area contributed by atoms with Crippen LogP contribution in [0.15, 0.2) is 70.6 Å². The van der Waals surface area contributed by atoms with E-state index in [1.807, 2.05) is 53.0 Å². The van der Waals surface area contributed by atoms with Gasteiger partial charge in [-0.15, -0.1) is 0 Å². The molecule has 38 heavy (non-hydrogen) atoms. The van der Waals surface area contributed by atoms with Crippen LogP contribution in [0.2, 0.25) is 0 Å². The van der Waals surface area contributed by atoms with E-state index in [0.717, 1.165) is 24.3 Å². The van der Waals surface area contributed by atoms with E-state index in [4.69, 9.17) is 9.94 Å². The van der Waals surface area contributed by atoms with Crippen molar-refractivity contribution in [3.8, 4) is 11.8 Å². The Hall–Kier alpha value is -4.36. The van der Waals surface area contributed by atoms with Gasteiger partial charge in [0, 0.05) is 30.3 Å². The summed E-state index contributed by atoms with van der Waals surface area (Å²) in [6.45, 7) is 8.74. The highest BCUT2D eigenvalue weighted by Gasteiger charge is 2.28. The summed E-state index contributed by atoms with van der Waals surface area (Å²) in [5.41, 5.74) is 4.49. The van der Waals surface area contributed by atoms with Crippen molar-refractivity contribution >= 4 is 23.8 Å². The van der Waals surface area contributed by atoms with E-state index in [1.165, 1.54) is 11.6 Å². The number of allylic oxidation sites excluding steroid dienone is 6. The Kier molecular flexibility index (Phi) is 13.7. The Morgan fingerprint density at radius 1 is 1.11 bits per heavy atom. The smallest absolute Gasteiger partial charge is 0.322 e. The van der Waals surface area contributed by atoms with Gasteiger partial charge in [0.2, 0.25) is 0 Å². The number of rotatable bonds is 2. The molecule has 1 saturated heterocycles. The number of likely N-dealkylation sites (N-methyl/N-ethyl adjacent to an activating group) is 1. The second-order valence-corrected chi connectivity index (χ2v) is 7.56. The highest BCUT2D eigenvalue weighted by molar-refractivity contribution is 6.06. The molecule has 0 aromatic carbocycles. The van der Waals surface area contributed by atoms with E-state index < -0.39 is 23.9 Å². The Bertz CT molecular complexity index is 1160. The summed E-state index contributed by atoms with van der Waals surface area (Å²) in [5.74, 6) is 5.16. The molecule has 2 heterocycles. The second kappa shape index (κ2) is 16.4. The molecule has 0 bridgehead atoms. The maximum Gasteiger partial charge on any atom is 0.322 e. The Balaban J connectivity index is 0.000000351. The number of hydrogen-bond donors (Lipinski definition) is 4. The first-order valence-corrected chi connectivity index (χ1v) is 12.4. The van der Waals surface area contributed by atoms with E-state index in [2.05, 4.69) is 22.5 Å². The third-order valence-electron chi connectivity index (χ3n) is 5.17. The van der Waals surface area contributed by atoms with Crippen LogP contribution in [0, 0.1) is 11.8 Å². The number of nitrogens with zero attached hydrogens (tertiary/aromatic N) is 1. The zero-order valence-corrected chi connectivity index (χ0v) is 22.7. The summed E-state index contributed by atoms with van der Waals surface area (Å²) in [6, 6.07) is -1.43. The molecular weight excluding hydrogens is 488 g/mol. The van der Waals surface area contributed by atoms with Crippen molar-refractivity contribution in [2.75, 3.05) is 20.7 Å². The van der Waals surface area contributed by atoms with E-state index in [9.17, 15) is 19.2 Å². The van der Waals surface area contributed by atoms with Crippen LogP contribution in [0.3, 0.4) is 0 Å². The van der Waals surface area contributed by atoms with Crippen molar-refractivity contribution in [3.63, 3.8) is 0 Å². The number of hydroxylamine groups is 1. The minimum atomic E-state index is -0.861. The minimum absolute atomic E-state index is 0.0956. The summed E-state index contributed by atoms with van der Waals surface area (Å²) in [7, 11) is 3.44. The molecule has 0 radical (unpaired) electrons. The third kappa shape index (κ3) is 8.94. The van der Waals surface area contributed by atoms with Gasteiger partial charge >= 0.3 is 6.03 Å². The lowest BCUT2D eigenvalue weighted by Crippen LogP contribution is -2.26. The number of hydrogen-bond acceptors (Lipinski definition) is 6. The van der Waals surface area contributed by atoms with Gasteiger partial charge in [0.05, 0.1) is 7.11 Å². The molecule has 2 aliphatic carbocycles. The van der Waals surface area contributed by atoms with Crippen molar-refractivity contribution in [1.82, 2.24) is 21.0 Å². The lowest BCUT2D eigenvalue weighted by atomic mass is 10.1. The Labute approximate surface area is 223 Å². The number of imide groups is 1. The molecule has 10 nitrogen and oxygen atoms in total. The van der Waals surface area contributed by atoms with E-state index in [-0.39, 0.29) is 11.5 Å². The average molecular weight is 525 g/mol. The number of carbonyl (C=O) groups excluding carboxylic acids is 4. The first kappa shape index (κ1) is 31.7. The fraction of sp³-hybridized carbons (Fsp3) is 0.357. The molecule has 4 rings (SSSR count). The lowest BCUT2D eigenvalue weighted by Gasteiger charge is -2.08. The fourth-order valence-corrected chi connectivity index (χ4v) is 3.39. The van der Waals surface area contributed by atoms with Crippen LogP contribution in [0.1, 0.15) is 40.5 Å². The molecule has 10 heteroatoms. The van der Waals surface area contributed by atoms with Crippen molar-refractivity contribution in [2.45, 2.75) is 46.6 Å². The van der Waals surface area contributed by atoms with Gasteiger partial charge in [0.15, 0.2) is 6.04 Å². The largest absolute Gasteiger partial charge is 0.497 e. The van der Waals surface area contributed by atoms with Crippen LogP contribution < -0.4 is 16.1 Å². The average Bonchev–Trinajstić information content (AvgIpc) is 3.20. The molecule has 4 N–H and O–H groups in total. The molecule has 0 aromatic rings. The standard InChI is InChI=1S/C13H11N3O4.C11H13NO2.2C2H6/c17-11(16-20)9-3-1-2-8(4-6-9)5-7-10-12(18)15-13(19)14-10;1-12-7-8-4-3-5-9(14-2)6-10(8)11(12)13;2*1-2/h1,3-4,6,10,20H,2H2,(H,16,17)(H2,14,15,18,19);3,5-6H,4,7H2,1-2H3;2*1-2H3. The minimum Gasteiger partial charge on any atom is -0.497 e. The maximum absolute atomic E-state index is 11.7. The summed E-state index contributed by atoms with van der Waals surface area (Å²) in [6.07, 6.45) is 13.5. The maximum atomic E-state index is 11.7. The monoisotopic (exact) mass is 524 g/mol. The third-order valence-corrected chi connectivity index (χ3v) is 5.17. The lowest BCUT2D eigenvalue weighted by molar-refractivity contribution is -0.125. The van der Waals surface area contributed by atoms with Gasteiger partial charge in [0.25, 0.3) is 17.7 Å². The van der Waals surface area contributed by atoms with E-state index in [1.54, 1.807) is 35.7 Å². The molecule has 0 spiro atoms. The van der Waals surface area contributed by atoms with Crippen molar-refractivity contribution < 1.29 is 29.1 Å². The fourth-order valence-electron chi connectivity index (χ4n) is 3.39. The Morgan fingerprint density at radius 3 is 2.39 bits per heavy atom. The molecule has 4 aliphatic rings. The Morgan fingerprint density at radius 2 is 1.79 bits per heavy atom. The van der Waals surface area contributed by atoms with Gasteiger partial charge in [0.1, 0.15) is 5.76 Å². The van der Waals surface area contributed by atoms with Gasteiger partial charge in [-0.25, -0.2) is 10.3 Å². The quantitative estimate of drug-likeness (QED) is 0.190. The molecule has 2 aliphatic heterocycles. The molecular formula is C28H36N4O6. The number of ether oxygens (including phenoxy) is 1. The first-order valence-electron chi connectivity index (χ1n) is 12.4. The highest BCUT2D eigenvalue weighted by atomic mass is 16.5. The van der Waals surface area contributed by atoms with Gasteiger partial charge in [-0.1, -0.05) is 57.8 Å². The zero-order valence-electron chi connectivity index (χ0n) is 22.7. The molecule has 1 unspecified atom stereocenters. The van der Waals surface area contributed by atoms with Gasteiger partial charge < -0.3 is 15.0 Å². The predicted molar refractivity (Wildman–Crippen MR) is 144 cm³/mol. The molecule has 0 aromatic heterocycles. The van der Waals surface area contributed by atoms with Crippen molar-refractivity contribution in [3.05, 3.63) is 70.6 Å². The van der Waals surface area contributed by atoms with Crippen LogP contribution in [0.5, 0.6) is 0 Å². The van der Waals surface area contributed by atoms with Gasteiger partial charge in [-0.05, 0) is 42.7 Å². The summed E-state index contributed by atoms with van der Waals surface area (Å²) < 4.78 is 5.13. The summed E-state index contributed by atoms with van der Waals surface area (Å²) >= 11 is 0. The van der Waals surface area contributed by atoms with Crippen LogP contribution >= 0.6 is 0 Å². The van der Waals surface area contributed by atoms with Gasteiger partial charge in [-0.2, -0.15) is 0 Å². The van der Waals surface area contributed by atoms with Crippen LogP contribution in [0.4, 0.5) is 4.79 Å². The summed E-state index contributed by atoms with van der Waals surface area (Å²) in [5, 5.41) is 13.0. The number of nitrogens with one attached hydrogen (secondary N) is 3. The molecule has 0 saturated carbocycles. The number of urea groups is 1. The second-order valence-electron chi connectivity index (χ2n) is 7.56. The normalized spacial score (nSPS) is 18.9. The van der Waals surface area contributed by atoms with Crippen molar-refractivity contribution in [2.24, 2.45) is 0 Å². The number of amides is 5.